The average Bonchev–Trinajstić information content (AvgIpc) is 3.16. The van der Waals surface area contributed by atoms with E-state index in [0.717, 1.165) is 35.9 Å². The Morgan fingerprint density at radius 1 is 1.08 bits per heavy atom. The van der Waals surface area contributed by atoms with Gasteiger partial charge in [0, 0.05) is 24.2 Å². The van der Waals surface area contributed by atoms with Crippen LogP contribution in [0, 0.1) is 0 Å². The number of phenolic OH excluding ortho intramolecular Hbond substituents is 1. The first-order chi connectivity index (χ1) is 12.3. The van der Waals surface area contributed by atoms with Gasteiger partial charge in [0.2, 0.25) is 0 Å². The molecule has 126 valence electrons. The molecule has 1 aliphatic heterocycles. The Bertz CT molecular complexity index is 922. The lowest BCUT2D eigenvalue weighted by Gasteiger charge is -2.23. The number of fused-ring (bicyclic) bond motifs is 1. The molecular formula is C22H22N2O. The Morgan fingerprint density at radius 2 is 1.96 bits per heavy atom. The molecule has 0 saturated heterocycles. The zero-order valence-corrected chi connectivity index (χ0v) is 14.1. The van der Waals surface area contributed by atoms with Crippen molar-refractivity contribution in [1.82, 2.24) is 10.3 Å². The maximum absolute atomic E-state index is 9.88. The molecule has 3 aromatic rings. The lowest BCUT2D eigenvalue weighted by Crippen LogP contribution is -2.32. The van der Waals surface area contributed by atoms with Crippen molar-refractivity contribution < 1.29 is 5.11 Å². The first-order valence-electron chi connectivity index (χ1n) is 8.75. The Kier molecular flexibility index (Phi) is 4.40. The van der Waals surface area contributed by atoms with Crippen LogP contribution >= 0.6 is 0 Å². The standard InChI is InChI=1S/C22H22N2O/c25-21-10-9-17(20-12-14-24-22(20)21)7-4-8-19-15-18(11-13-23-19)16-5-2-1-3-6-16/h1-7,9-12,14,19,23-25H,8,13,15H2/b7-4+. The summed E-state index contributed by atoms with van der Waals surface area (Å²) in [7, 11) is 0. The van der Waals surface area contributed by atoms with E-state index in [1.165, 1.54) is 11.1 Å². The van der Waals surface area contributed by atoms with Crippen molar-refractivity contribution in [1.29, 1.82) is 0 Å². The predicted molar refractivity (Wildman–Crippen MR) is 104 cm³/mol. The molecule has 0 radical (unpaired) electrons. The van der Waals surface area contributed by atoms with Gasteiger partial charge in [-0.2, -0.15) is 0 Å². The molecule has 0 amide bonds. The maximum atomic E-state index is 9.88. The van der Waals surface area contributed by atoms with Crippen molar-refractivity contribution in [2.45, 2.75) is 18.9 Å². The third-order valence-electron chi connectivity index (χ3n) is 4.82. The van der Waals surface area contributed by atoms with Gasteiger partial charge in [0.25, 0.3) is 0 Å². The lowest BCUT2D eigenvalue weighted by atomic mass is 9.93. The zero-order chi connectivity index (χ0) is 17.1. The fraction of sp³-hybridized carbons (Fsp3) is 0.182. The van der Waals surface area contributed by atoms with Crippen LogP contribution in [-0.2, 0) is 0 Å². The Labute approximate surface area is 147 Å². The normalized spacial score (nSPS) is 17.9. The molecule has 1 atom stereocenters. The summed E-state index contributed by atoms with van der Waals surface area (Å²) in [6, 6.07) is 16.8. The van der Waals surface area contributed by atoms with Crippen LogP contribution in [0.4, 0.5) is 0 Å². The van der Waals surface area contributed by atoms with Crippen molar-refractivity contribution in [2.75, 3.05) is 6.54 Å². The van der Waals surface area contributed by atoms with Gasteiger partial charge in [0.05, 0.1) is 5.52 Å². The second-order valence-corrected chi connectivity index (χ2v) is 6.48. The van der Waals surface area contributed by atoms with Gasteiger partial charge in [0.15, 0.2) is 0 Å². The van der Waals surface area contributed by atoms with Gasteiger partial charge in [-0.05, 0) is 41.7 Å². The van der Waals surface area contributed by atoms with Gasteiger partial charge in [-0.3, -0.25) is 0 Å². The van der Waals surface area contributed by atoms with Crippen LogP contribution in [-0.4, -0.2) is 22.7 Å². The molecule has 25 heavy (non-hydrogen) atoms. The number of hydrogen-bond donors (Lipinski definition) is 3. The Hall–Kier alpha value is -2.78. The number of aromatic amines is 1. The minimum absolute atomic E-state index is 0.295. The van der Waals surface area contributed by atoms with Crippen LogP contribution in [0.25, 0.3) is 22.6 Å². The monoisotopic (exact) mass is 330 g/mol. The molecule has 0 bridgehead atoms. The smallest absolute Gasteiger partial charge is 0.139 e. The number of phenols is 1. The van der Waals surface area contributed by atoms with Crippen LogP contribution in [0.5, 0.6) is 5.75 Å². The van der Waals surface area contributed by atoms with Gasteiger partial charge in [-0.25, -0.2) is 0 Å². The van der Waals surface area contributed by atoms with E-state index in [2.05, 4.69) is 58.9 Å². The van der Waals surface area contributed by atoms with E-state index in [0.29, 0.717) is 11.8 Å². The summed E-state index contributed by atoms with van der Waals surface area (Å²) in [6.07, 6.45) is 10.6. The molecule has 0 saturated carbocycles. The van der Waals surface area contributed by atoms with Gasteiger partial charge in [-0.1, -0.05) is 54.6 Å². The van der Waals surface area contributed by atoms with Crippen molar-refractivity contribution in [3.8, 4) is 5.75 Å². The molecule has 0 spiro atoms. The summed E-state index contributed by atoms with van der Waals surface area (Å²) in [4.78, 5) is 3.09. The molecule has 0 fully saturated rings. The second kappa shape index (κ2) is 6.99. The van der Waals surface area contributed by atoms with Crippen molar-refractivity contribution in [2.24, 2.45) is 0 Å². The minimum atomic E-state index is 0.295. The number of aromatic hydroxyl groups is 1. The lowest BCUT2D eigenvalue weighted by molar-refractivity contribution is 0.480. The van der Waals surface area contributed by atoms with Crippen LogP contribution in [0.3, 0.4) is 0 Å². The number of aromatic nitrogens is 1. The molecule has 1 aromatic heterocycles. The second-order valence-electron chi connectivity index (χ2n) is 6.48. The van der Waals surface area contributed by atoms with E-state index in [4.69, 9.17) is 0 Å². The predicted octanol–water partition coefficient (Wildman–Crippen LogP) is 4.72. The van der Waals surface area contributed by atoms with E-state index in [-0.39, 0.29) is 0 Å². The number of hydrogen-bond acceptors (Lipinski definition) is 2. The average molecular weight is 330 g/mol. The molecule has 3 nitrogen and oxygen atoms in total. The molecule has 2 heterocycles. The fourth-order valence-corrected chi connectivity index (χ4v) is 3.49. The highest BCUT2D eigenvalue weighted by atomic mass is 16.3. The van der Waals surface area contributed by atoms with E-state index < -0.39 is 0 Å². The first kappa shape index (κ1) is 15.7. The third kappa shape index (κ3) is 3.37. The van der Waals surface area contributed by atoms with Crippen LogP contribution < -0.4 is 5.32 Å². The van der Waals surface area contributed by atoms with Gasteiger partial charge < -0.3 is 15.4 Å². The highest BCUT2D eigenvalue weighted by Crippen LogP contribution is 2.28. The Balaban J connectivity index is 1.44. The van der Waals surface area contributed by atoms with Gasteiger partial charge >= 0.3 is 0 Å². The first-order valence-corrected chi connectivity index (χ1v) is 8.75. The SMILES string of the molecule is Oc1ccc(/C=C/CC2CC(c3ccccc3)=CCN2)c2cc[nH]c12. The fourth-order valence-electron chi connectivity index (χ4n) is 3.49. The Morgan fingerprint density at radius 3 is 2.84 bits per heavy atom. The molecule has 3 heteroatoms. The summed E-state index contributed by atoms with van der Waals surface area (Å²) in [5.41, 5.74) is 4.68. The summed E-state index contributed by atoms with van der Waals surface area (Å²) >= 11 is 0. The molecule has 1 aliphatic rings. The van der Waals surface area contributed by atoms with E-state index >= 15 is 0 Å². The highest BCUT2D eigenvalue weighted by Gasteiger charge is 2.14. The highest BCUT2D eigenvalue weighted by molar-refractivity contribution is 5.92. The van der Waals surface area contributed by atoms with Crippen molar-refractivity contribution in [3.05, 3.63) is 78.0 Å². The van der Waals surface area contributed by atoms with Gasteiger partial charge in [-0.15, -0.1) is 0 Å². The zero-order valence-electron chi connectivity index (χ0n) is 14.1. The van der Waals surface area contributed by atoms with Crippen molar-refractivity contribution >= 4 is 22.6 Å². The molecule has 2 aromatic carbocycles. The van der Waals surface area contributed by atoms with E-state index in [9.17, 15) is 5.11 Å². The molecule has 4 rings (SSSR count). The van der Waals surface area contributed by atoms with Crippen LogP contribution in [0.2, 0.25) is 0 Å². The number of rotatable bonds is 4. The van der Waals surface area contributed by atoms with E-state index in [1.807, 2.05) is 18.3 Å². The van der Waals surface area contributed by atoms with Crippen LogP contribution in [0.15, 0.2) is 66.9 Å². The summed E-state index contributed by atoms with van der Waals surface area (Å²) in [5, 5.41) is 14.5. The van der Waals surface area contributed by atoms with Gasteiger partial charge in [0.1, 0.15) is 5.75 Å². The topological polar surface area (TPSA) is 48.0 Å². The number of H-pyrrole nitrogens is 1. The van der Waals surface area contributed by atoms with Crippen molar-refractivity contribution in [3.63, 3.8) is 0 Å². The number of nitrogens with one attached hydrogen (secondary N) is 2. The molecule has 0 aliphatic carbocycles. The molecule has 1 unspecified atom stereocenters. The summed E-state index contributed by atoms with van der Waals surface area (Å²) in [6.45, 7) is 0.921. The minimum Gasteiger partial charge on any atom is -0.506 e. The molecular weight excluding hydrogens is 308 g/mol. The third-order valence-corrected chi connectivity index (χ3v) is 4.82. The van der Waals surface area contributed by atoms with Crippen LogP contribution in [0.1, 0.15) is 24.0 Å². The maximum Gasteiger partial charge on any atom is 0.139 e. The summed E-state index contributed by atoms with van der Waals surface area (Å²) < 4.78 is 0. The quantitative estimate of drug-likeness (QED) is 0.648. The summed E-state index contributed by atoms with van der Waals surface area (Å²) in [5.74, 6) is 0.295. The largest absolute Gasteiger partial charge is 0.506 e. The molecule has 3 N–H and O–H groups in total. The van der Waals surface area contributed by atoms with E-state index in [1.54, 1.807) is 6.07 Å². The number of benzene rings is 2.